The molecule has 4 aromatic heterocycles. The van der Waals surface area contributed by atoms with E-state index in [1.54, 1.807) is 29.8 Å². The first-order valence-corrected chi connectivity index (χ1v) is 11.1. The van der Waals surface area contributed by atoms with Crippen molar-refractivity contribution in [1.82, 2.24) is 14.3 Å². The van der Waals surface area contributed by atoms with Gasteiger partial charge in [0.1, 0.15) is 11.0 Å². The maximum Gasteiger partial charge on any atom is 0.126 e. The van der Waals surface area contributed by atoms with Crippen molar-refractivity contribution in [3.8, 4) is 0 Å². The normalized spacial score (nSPS) is 12.2. The van der Waals surface area contributed by atoms with Gasteiger partial charge in [-0.1, -0.05) is 41.5 Å². The molecule has 5 nitrogen and oxygen atoms in total. The number of anilines is 2. The fraction of sp³-hybridized carbons (Fsp3) is 0.409. The first-order chi connectivity index (χ1) is 13.4. The van der Waals surface area contributed by atoms with Gasteiger partial charge in [-0.3, -0.25) is 9.97 Å². The van der Waals surface area contributed by atoms with Gasteiger partial charge in [-0.2, -0.15) is 4.37 Å². The molecule has 4 aromatic rings. The summed E-state index contributed by atoms with van der Waals surface area (Å²) in [6.45, 7) is 15.2. The first-order valence-electron chi connectivity index (χ1n) is 9.55. The van der Waals surface area contributed by atoms with Crippen LogP contribution in [0, 0.1) is 6.92 Å². The van der Waals surface area contributed by atoms with Crippen LogP contribution in [0.3, 0.4) is 0 Å². The molecule has 0 atom stereocenters. The lowest BCUT2D eigenvalue weighted by atomic mass is 9.93. The largest absolute Gasteiger partial charge is 0.398 e. The van der Waals surface area contributed by atoms with Crippen LogP contribution in [-0.4, -0.2) is 14.3 Å². The number of pyridine rings is 2. The molecule has 0 aliphatic heterocycles. The number of aryl methyl sites for hydroxylation is 1. The number of nitrogens with zero attached hydrogens (tertiary/aromatic N) is 3. The quantitative estimate of drug-likeness (QED) is 0.356. The first kappa shape index (κ1) is 21.5. The van der Waals surface area contributed by atoms with Crippen LogP contribution < -0.4 is 11.5 Å². The Bertz CT molecular complexity index is 1160. The second kappa shape index (κ2) is 7.54. The Morgan fingerprint density at radius 1 is 0.759 bits per heavy atom. The van der Waals surface area contributed by atoms with Gasteiger partial charge in [-0.05, 0) is 36.0 Å². The van der Waals surface area contributed by atoms with Gasteiger partial charge in [0.25, 0.3) is 0 Å². The van der Waals surface area contributed by atoms with E-state index in [1.807, 2.05) is 6.07 Å². The molecule has 0 saturated carbocycles. The number of aromatic nitrogens is 3. The van der Waals surface area contributed by atoms with Crippen molar-refractivity contribution < 1.29 is 0 Å². The molecular weight excluding hydrogens is 398 g/mol. The minimum absolute atomic E-state index is 0.0835. The molecule has 0 aliphatic rings. The lowest BCUT2D eigenvalue weighted by Gasteiger charge is -2.16. The van der Waals surface area contributed by atoms with Crippen LogP contribution >= 0.6 is 22.9 Å². The van der Waals surface area contributed by atoms with Crippen molar-refractivity contribution in [2.24, 2.45) is 0 Å². The van der Waals surface area contributed by atoms with Crippen LogP contribution in [0.2, 0.25) is 0 Å². The average molecular weight is 428 g/mol. The molecular formula is C22H29N5S2. The predicted octanol–water partition coefficient (Wildman–Crippen LogP) is 6.06. The summed E-state index contributed by atoms with van der Waals surface area (Å²) >= 11 is 3.30. The zero-order chi connectivity index (χ0) is 21.6. The van der Waals surface area contributed by atoms with E-state index in [-0.39, 0.29) is 10.8 Å². The lowest BCUT2D eigenvalue weighted by molar-refractivity contribution is 0.607. The van der Waals surface area contributed by atoms with Gasteiger partial charge >= 0.3 is 0 Å². The van der Waals surface area contributed by atoms with Crippen molar-refractivity contribution >= 4 is 56.2 Å². The minimum atomic E-state index is 0.0835. The molecule has 0 saturated heterocycles. The molecule has 7 heteroatoms. The molecule has 0 amide bonds. The third kappa shape index (κ3) is 4.21. The summed E-state index contributed by atoms with van der Waals surface area (Å²) in [5.74, 6) is 0. The van der Waals surface area contributed by atoms with Crippen LogP contribution in [0.15, 0.2) is 24.5 Å². The smallest absolute Gasteiger partial charge is 0.126 e. The van der Waals surface area contributed by atoms with E-state index >= 15 is 0 Å². The van der Waals surface area contributed by atoms with Crippen LogP contribution in [0.25, 0.3) is 21.9 Å². The lowest BCUT2D eigenvalue weighted by Crippen LogP contribution is -2.09. The van der Waals surface area contributed by atoms with E-state index in [1.165, 1.54) is 26.2 Å². The molecule has 29 heavy (non-hydrogen) atoms. The molecule has 4 rings (SSSR count). The third-order valence-corrected chi connectivity index (χ3v) is 7.35. The molecule has 0 spiro atoms. The fourth-order valence-electron chi connectivity index (χ4n) is 3.14. The maximum absolute atomic E-state index is 5.98. The number of hydrogen-bond donors (Lipinski definition) is 2. The fourth-order valence-corrected chi connectivity index (χ4v) is 5.20. The van der Waals surface area contributed by atoms with Gasteiger partial charge in [0.05, 0.1) is 16.1 Å². The molecule has 0 bridgehead atoms. The Kier molecular flexibility index (Phi) is 5.58. The Morgan fingerprint density at radius 2 is 1.31 bits per heavy atom. The predicted molar refractivity (Wildman–Crippen MR) is 128 cm³/mol. The highest BCUT2D eigenvalue weighted by Gasteiger charge is 2.23. The summed E-state index contributed by atoms with van der Waals surface area (Å²) in [7, 11) is 0. The highest BCUT2D eigenvalue weighted by Crippen LogP contribution is 2.39. The molecule has 0 unspecified atom stereocenters. The van der Waals surface area contributed by atoms with Crippen molar-refractivity contribution in [3.05, 3.63) is 39.2 Å². The highest BCUT2D eigenvalue weighted by atomic mass is 32.1. The molecule has 0 radical (unpaired) electrons. The second-order valence-electron chi connectivity index (χ2n) is 9.22. The molecule has 4 N–H and O–H groups in total. The molecule has 4 heterocycles. The number of fused-ring (bicyclic) bond motifs is 2. The van der Waals surface area contributed by atoms with Crippen molar-refractivity contribution in [1.29, 1.82) is 0 Å². The zero-order valence-corrected chi connectivity index (χ0v) is 19.8. The summed E-state index contributed by atoms with van der Waals surface area (Å²) in [5.41, 5.74) is 16.4. The second-order valence-corrected chi connectivity index (χ2v) is 11.2. The summed E-state index contributed by atoms with van der Waals surface area (Å²) in [5, 5.41) is 1.13. The van der Waals surface area contributed by atoms with E-state index < -0.39 is 0 Å². The maximum atomic E-state index is 5.98. The number of rotatable bonds is 0. The van der Waals surface area contributed by atoms with E-state index in [4.69, 9.17) is 11.5 Å². The summed E-state index contributed by atoms with van der Waals surface area (Å²) in [4.78, 5) is 12.6. The zero-order valence-electron chi connectivity index (χ0n) is 18.1. The number of nitrogens with two attached hydrogens (primary N) is 2. The van der Waals surface area contributed by atoms with Crippen molar-refractivity contribution in [2.45, 2.75) is 59.3 Å². The Morgan fingerprint density at radius 3 is 1.90 bits per heavy atom. The SMILES string of the molecule is CC(C)(C)c1snc2c(N)ccnc12.Cc1sc(C(C)(C)C)c2nccc(N)c12. The summed E-state index contributed by atoms with van der Waals surface area (Å²) < 4.78 is 4.34. The van der Waals surface area contributed by atoms with Crippen LogP contribution in [0.5, 0.6) is 0 Å². The van der Waals surface area contributed by atoms with Gasteiger partial charge in [0.15, 0.2) is 0 Å². The van der Waals surface area contributed by atoms with Crippen LogP contribution in [-0.2, 0) is 10.8 Å². The van der Waals surface area contributed by atoms with Crippen molar-refractivity contribution in [2.75, 3.05) is 11.5 Å². The Hall–Kier alpha value is -2.25. The van der Waals surface area contributed by atoms with Gasteiger partial charge in [0, 0.05) is 38.6 Å². The highest BCUT2D eigenvalue weighted by molar-refractivity contribution is 7.14. The third-order valence-electron chi connectivity index (χ3n) is 4.57. The van der Waals surface area contributed by atoms with E-state index in [2.05, 4.69) is 62.8 Å². The van der Waals surface area contributed by atoms with Gasteiger partial charge in [-0.25, -0.2) is 0 Å². The Balaban J connectivity index is 0.000000166. The Labute approximate surface area is 180 Å². The van der Waals surface area contributed by atoms with Gasteiger partial charge < -0.3 is 11.5 Å². The van der Waals surface area contributed by atoms with Gasteiger partial charge in [0.2, 0.25) is 0 Å². The standard InChI is InChI=1S/C12H16N2S.C10H13N3S/c1-7-9-8(13)5-6-14-10(9)11(15-7)12(2,3)4;1-10(2,3)9-8-7(13-14-9)6(11)4-5-12-8/h5-6H,13H2,1-4H3;4-5H,11H2,1-3H3. The summed E-state index contributed by atoms with van der Waals surface area (Å²) in [6, 6.07) is 3.66. The molecule has 0 aliphatic carbocycles. The van der Waals surface area contributed by atoms with E-state index in [0.29, 0.717) is 5.69 Å². The van der Waals surface area contributed by atoms with E-state index in [9.17, 15) is 0 Å². The number of thiophene rings is 1. The van der Waals surface area contributed by atoms with Crippen LogP contribution in [0.1, 0.15) is 56.2 Å². The monoisotopic (exact) mass is 427 g/mol. The van der Waals surface area contributed by atoms with Crippen LogP contribution in [0.4, 0.5) is 11.4 Å². The number of nitrogen functional groups attached to an aromatic ring is 2. The van der Waals surface area contributed by atoms with Crippen molar-refractivity contribution in [3.63, 3.8) is 0 Å². The average Bonchev–Trinajstić information content (AvgIpc) is 3.18. The molecule has 0 aromatic carbocycles. The summed E-state index contributed by atoms with van der Waals surface area (Å²) in [6.07, 6.45) is 3.53. The topological polar surface area (TPSA) is 90.7 Å². The minimum Gasteiger partial charge on any atom is -0.398 e. The molecule has 0 fully saturated rings. The van der Waals surface area contributed by atoms with E-state index in [0.717, 1.165) is 27.6 Å². The number of hydrogen-bond acceptors (Lipinski definition) is 7. The molecule has 154 valence electrons. The van der Waals surface area contributed by atoms with Gasteiger partial charge in [-0.15, -0.1) is 11.3 Å².